The fourth-order valence-electron chi connectivity index (χ4n) is 4.83. The average Bonchev–Trinajstić information content (AvgIpc) is 3.47. The van der Waals surface area contributed by atoms with Crippen molar-refractivity contribution < 1.29 is 18.0 Å². The standard InChI is InChI=1S/C23H28F2N4O2.HI/c1-26-22(29-13-11-28(12-14-29)21(30)19-8-5-15-31-19)27-16-23(9-2-3-10-23)20-17(24)6-4-7-18(20)25;/h4-8,15H,2-3,9-14,16H2,1H3,(H,26,27);1H. The van der Waals surface area contributed by atoms with Crippen LogP contribution in [0.4, 0.5) is 8.78 Å². The van der Waals surface area contributed by atoms with Crippen molar-refractivity contribution in [2.75, 3.05) is 39.8 Å². The van der Waals surface area contributed by atoms with Crippen molar-refractivity contribution in [2.45, 2.75) is 31.1 Å². The van der Waals surface area contributed by atoms with E-state index in [1.54, 1.807) is 24.1 Å². The second-order valence-corrected chi connectivity index (χ2v) is 8.24. The van der Waals surface area contributed by atoms with E-state index in [0.29, 0.717) is 44.4 Å². The van der Waals surface area contributed by atoms with Gasteiger partial charge in [0.1, 0.15) is 11.6 Å². The molecule has 2 fully saturated rings. The molecule has 4 rings (SSSR count). The minimum absolute atomic E-state index is 0. The maximum Gasteiger partial charge on any atom is 0.289 e. The van der Waals surface area contributed by atoms with Crippen LogP contribution < -0.4 is 5.32 Å². The molecule has 2 aliphatic rings. The first kappa shape index (κ1) is 24.5. The Morgan fingerprint density at radius 1 is 1.06 bits per heavy atom. The van der Waals surface area contributed by atoms with Gasteiger partial charge in [-0.05, 0) is 37.1 Å². The van der Waals surface area contributed by atoms with Gasteiger partial charge >= 0.3 is 0 Å². The second-order valence-electron chi connectivity index (χ2n) is 8.24. The van der Waals surface area contributed by atoms with Gasteiger partial charge in [-0.3, -0.25) is 9.79 Å². The van der Waals surface area contributed by atoms with E-state index in [2.05, 4.69) is 15.2 Å². The van der Waals surface area contributed by atoms with Crippen LogP contribution >= 0.6 is 24.0 Å². The molecule has 0 bridgehead atoms. The van der Waals surface area contributed by atoms with Gasteiger partial charge in [-0.2, -0.15) is 0 Å². The smallest absolute Gasteiger partial charge is 0.289 e. The third kappa shape index (κ3) is 4.92. The molecule has 1 amide bonds. The first-order valence-electron chi connectivity index (χ1n) is 10.8. The highest BCUT2D eigenvalue weighted by Crippen LogP contribution is 2.42. The van der Waals surface area contributed by atoms with E-state index in [-0.39, 0.29) is 35.4 Å². The molecule has 6 nitrogen and oxygen atoms in total. The maximum atomic E-state index is 14.6. The van der Waals surface area contributed by atoms with E-state index in [0.717, 1.165) is 25.7 Å². The minimum Gasteiger partial charge on any atom is -0.459 e. The first-order chi connectivity index (χ1) is 15.0. The van der Waals surface area contributed by atoms with Crippen LogP contribution in [0.15, 0.2) is 46.0 Å². The van der Waals surface area contributed by atoms with E-state index in [9.17, 15) is 13.6 Å². The number of guanidine groups is 1. The predicted octanol–water partition coefficient (Wildman–Crippen LogP) is 4.02. The number of furan rings is 1. The van der Waals surface area contributed by atoms with E-state index < -0.39 is 17.0 Å². The summed E-state index contributed by atoms with van der Waals surface area (Å²) in [4.78, 5) is 20.7. The summed E-state index contributed by atoms with van der Waals surface area (Å²) >= 11 is 0. The highest BCUT2D eigenvalue weighted by molar-refractivity contribution is 14.0. The first-order valence-corrected chi connectivity index (χ1v) is 10.8. The zero-order valence-corrected chi connectivity index (χ0v) is 20.5. The summed E-state index contributed by atoms with van der Waals surface area (Å²) in [5.74, 6) is -0.0563. The molecule has 0 radical (unpaired) electrons. The van der Waals surface area contributed by atoms with Crippen LogP contribution in [-0.4, -0.2) is 61.4 Å². The molecule has 0 atom stereocenters. The quantitative estimate of drug-likeness (QED) is 0.350. The molecule has 2 heterocycles. The lowest BCUT2D eigenvalue weighted by Gasteiger charge is -2.38. The Kier molecular flexibility index (Phi) is 8.13. The monoisotopic (exact) mass is 558 g/mol. The lowest BCUT2D eigenvalue weighted by atomic mass is 9.78. The molecule has 1 N–H and O–H groups in total. The number of aliphatic imine (C=N–C) groups is 1. The summed E-state index contributed by atoms with van der Waals surface area (Å²) in [6, 6.07) is 7.45. The number of amides is 1. The van der Waals surface area contributed by atoms with Crippen molar-refractivity contribution >= 4 is 35.8 Å². The molecule has 1 aliphatic heterocycles. The van der Waals surface area contributed by atoms with Gasteiger partial charge in [0.25, 0.3) is 5.91 Å². The summed E-state index contributed by atoms with van der Waals surface area (Å²) in [5.41, 5.74) is -0.396. The van der Waals surface area contributed by atoms with Gasteiger partial charge in [0.2, 0.25) is 0 Å². The average molecular weight is 558 g/mol. The number of hydrogen-bond acceptors (Lipinski definition) is 3. The van der Waals surface area contributed by atoms with Gasteiger partial charge in [-0.25, -0.2) is 8.78 Å². The van der Waals surface area contributed by atoms with E-state index >= 15 is 0 Å². The van der Waals surface area contributed by atoms with Crippen molar-refractivity contribution in [1.29, 1.82) is 0 Å². The van der Waals surface area contributed by atoms with Crippen LogP contribution in [0, 0.1) is 11.6 Å². The summed E-state index contributed by atoms with van der Waals surface area (Å²) in [6.07, 6.45) is 4.86. The molecule has 1 saturated carbocycles. The van der Waals surface area contributed by atoms with Gasteiger partial charge in [-0.1, -0.05) is 18.9 Å². The third-order valence-electron chi connectivity index (χ3n) is 6.45. The minimum atomic E-state index is -0.581. The number of piperazine rings is 1. The van der Waals surface area contributed by atoms with Crippen LogP contribution in [0.1, 0.15) is 41.8 Å². The molecule has 1 aromatic heterocycles. The Morgan fingerprint density at radius 3 is 2.25 bits per heavy atom. The summed E-state index contributed by atoms with van der Waals surface area (Å²) < 4.78 is 34.4. The van der Waals surface area contributed by atoms with Gasteiger partial charge in [0.15, 0.2) is 11.7 Å². The van der Waals surface area contributed by atoms with Crippen LogP contribution in [0.2, 0.25) is 0 Å². The molecular weight excluding hydrogens is 529 g/mol. The third-order valence-corrected chi connectivity index (χ3v) is 6.45. The Labute approximate surface area is 204 Å². The largest absolute Gasteiger partial charge is 0.459 e. The number of carbonyl (C=O) groups is 1. The van der Waals surface area contributed by atoms with Crippen LogP contribution in [0.3, 0.4) is 0 Å². The van der Waals surface area contributed by atoms with Crippen molar-refractivity contribution in [3.8, 4) is 0 Å². The van der Waals surface area contributed by atoms with Gasteiger partial charge in [-0.15, -0.1) is 24.0 Å². The molecule has 174 valence electrons. The van der Waals surface area contributed by atoms with Crippen molar-refractivity contribution in [3.63, 3.8) is 0 Å². The Balaban J connectivity index is 0.00000289. The molecule has 1 aromatic carbocycles. The number of hydrogen-bond donors (Lipinski definition) is 1. The van der Waals surface area contributed by atoms with E-state index in [1.165, 1.54) is 24.5 Å². The molecule has 32 heavy (non-hydrogen) atoms. The number of nitrogens with zero attached hydrogens (tertiary/aromatic N) is 3. The topological polar surface area (TPSA) is 61.1 Å². The SMILES string of the molecule is CN=C(NCC1(c2c(F)cccc2F)CCCC1)N1CCN(C(=O)c2ccco2)CC1.I. The highest BCUT2D eigenvalue weighted by Gasteiger charge is 2.40. The number of nitrogens with one attached hydrogen (secondary N) is 1. The van der Waals surface area contributed by atoms with Crippen molar-refractivity contribution in [3.05, 3.63) is 59.6 Å². The molecular formula is C23H29F2IN4O2. The predicted molar refractivity (Wildman–Crippen MR) is 129 cm³/mol. The van der Waals surface area contributed by atoms with E-state index in [1.807, 2.05) is 0 Å². The molecule has 1 saturated heterocycles. The number of halogens is 3. The number of carbonyl (C=O) groups excluding carboxylic acids is 1. The van der Waals surface area contributed by atoms with Crippen molar-refractivity contribution in [1.82, 2.24) is 15.1 Å². The second kappa shape index (κ2) is 10.6. The summed E-state index contributed by atoms with van der Waals surface area (Å²) in [5, 5.41) is 3.37. The van der Waals surface area contributed by atoms with Gasteiger partial charge in [0, 0.05) is 50.7 Å². The zero-order chi connectivity index (χ0) is 21.8. The Morgan fingerprint density at radius 2 is 1.69 bits per heavy atom. The van der Waals surface area contributed by atoms with Gasteiger partial charge in [0.05, 0.1) is 6.26 Å². The lowest BCUT2D eigenvalue weighted by Crippen LogP contribution is -2.55. The fraction of sp³-hybridized carbons (Fsp3) is 0.478. The summed E-state index contributed by atoms with van der Waals surface area (Å²) in [7, 11) is 1.70. The normalized spacial score (nSPS) is 18.4. The van der Waals surface area contributed by atoms with E-state index in [4.69, 9.17) is 4.42 Å². The number of benzene rings is 1. The van der Waals surface area contributed by atoms with Crippen LogP contribution in [0.25, 0.3) is 0 Å². The molecule has 2 aromatic rings. The maximum absolute atomic E-state index is 14.6. The zero-order valence-electron chi connectivity index (χ0n) is 18.2. The fourth-order valence-corrected chi connectivity index (χ4v) is 4.83. The Bertz CT molecular complexity index is 917. The molecule has 0 spiro atoms. The Hall–Kier alpha value is -2.17. The van der Waals surface area contributed by atoms with Crippen LogP contribution in [0.5, 0.6) is 0 Å². The molecule has 1 aliphatic carbocycles. The van der Waals surface area contributed by atoms with Crippen LogP contribution in [-0.2, 0) is 5.41 Å². The van der Waals surface area contributed by atoms with Crippen molar-refractivity contribution in [2.24, 2.45) is 4.99 Å². The van der Waals surface area contributed by atoms with Gasteiger partial charge < -0.3 is 19.5 Å². The lowest BCUT2D eigenvalue weighted by molar-refractivity contribution is 0.0657. The number of rotatable bonds is 4. The highest BCUT2D eigenvalue weighted by atomic mass is 127. The molecule has 0 unspecified atom stereocenters. The molecule has 9 heteroatoms. The summed E-state index contributed by atoms with van der Waals surface area (Å²) in [6.45, 7) is 2.75.